The van der Waals surface area contributed by atoms with Crippen LogP contribution in [0.4, 0.5) is 8.78 Å². The van der Waals surface area contributed by atoms with Crippen molar-refractivity contribution in [1.82, 2.24) is 0 Å². The quantitative estimate of drug-likeness (QED) is 0.132. The molecule has 0 heterocycles. The highest BCUT2D eigenvalue weighted by Gasteiger charge is 2.58. The third kappa shape index (κ3) is 6.44. The largest absolute Gasteiger partial charge is 0.691 e. The summed E-state index contributed by atoms with van der Waals surface area (Å²) in [5, 5.41) is 8.22. The maximum atomic E-state index is 13.4. The minimum absolute atomic E-state index is 0.000426. The number of ether oxygens (including phenoxy) is 3. The Kier molecular flexibility index (Phi) is 8.24. The van der Waals surface area contributed by atoms with E-state index in [4.69, 9.17) is 9.47 Å². The zero-order chi connectivity index (χ0) is 25.1. The van der Waals surface area contributed by atoms with E-state index in [2.05, 4.69) is 14.1 Å². The first-order valence-electron chi connectivity index (χ1n) is 12.2. The van der Waals surface area contributed by atoms with E-state index in [9.17, 15) is 28.4 Å². The minimum Gasteiger partial charge on any atom is -0.691 e. The Balaban J connectivity index is 1.27. The molecule has 35 heavy (non-hydrogen) atoms. The molecule has 0 radical (unpaired) electrons. The lowest BCUT2D eigenvalue weighted by Crippen LogP contribution is -2.55. The number of carbonyl (C=O) groups is 3. The van der Waals surface area contributed by atoms with Gasteiger partial charge in [0.2, 0.25) is 0 Å². The molecular formula is C23H31F2O9S-. The summed E-state index contributed by atoms with van der Waals surface area (Å²) in [5.41, 5.74) is -0.365. The maximum absolute atomic E-state index is 13.4. The molecule has 2 unspecified atom stereocenters. The van der Waals surface area contributed by atoms with E-state index in [1.807, 2.05) is 0 Å². The fraction of sp³-hybridized carbons (Fsp3) is 0.870. The van der Waals surface area contributed by atoms with Crippen LogP contribution in [0.2, 0.25) is 0 Å². The first kappa shape index (κ1) is 26.6. The summed E-state index contributed by atoms with van der Waals surface area (Å²) < 4.78 is 45.7. The monoisotopic (exact) mass is 521 g/mol. The van der Waals surface area contributed by atoms with Crippen LogP contribution in [0.1, 0.15) is 70.6 Å². The van der Waals surface area contributed by atoms with E-state index in [0.717, 1.165) is 64.2 Å². The second-order valence-electron chi connectivity index (χ2n) is 10.9. The number of halogens is 2. The van der Waals surface area contributed by atoms with Gasteiger partial charge in [0, 0.05) is 10.8 Å². The molecule has 12 heteroatoms. The van der Waals surface area contributed by atoms with Crippen LogP contribution in [0.3, 0.4) is 0 Å². The average Bonchev–Trinajstić information content (AvgIpc) is 2.83. The van der Waals surface area contributed by atoms with Crippen molar-refractivity contribution in [3.63, 3.8) is 0 Å². The van der Waals surface area contributed by atoms with Crippen LogP contribution >= 0.6 is 12.0 Å². The fourth-order valence-corrected chi connectivity index (χ4v) is 7.48. The van der Waals surface area contributed by atoms with Crippen molar-refractivity contribution in [1.29, 1.82) is 0 Å². The van der Waals surface area contributed by atoms with Gasteiger partial charge in [0.15, 0.2) is 6.61 Å². The van der Waals surface area contributed by atoms with Gasteiger partial charge in [-0.2, -0.15) is 13.1 Å². The molecule has 5 fully saturated rings. The number of hydrogen-bond acceptors (Lipinski definition) is 10. The second kappa shape index (κ2) is 10.9. The van der Waals surface area contributed by atoms with Gasteiger partial charge in [-0.1, -0.05) is 19.3 Å². The molecule has 4 bridgehead atoms. The lowest BCUT2D eigenvalue weighted by atomic mass is 9.44. The summed E-state index contributed by atoms with van der Waals surface area (Å²) in [6.45, 7) is -0.488. The molecule has 0 aromatic heterocycles. The molecule has 5 saturated carbocycles. The third-order valence-electron chi connectivity index (χ3n) is 8.03. The van der Waals surface area contributed by atoms with Crippen molar-refractivity contribution < 1.29 is 52.0 Å². The Morgan fingerprint density at radius 2 is 1.51 bits per heavy atom. The van der Waals surface area contributed by atoms with Crippen LogP contribution in [-0.4, -0.2) is 43.0 Å². The van der Waals surface area contributed by atoms with Gasteiger partial charge in [-0.3, -0.25) is 9.83 Å². The van der Waals surface area contributed by atoms with Gasteiger partial charge in [-0.25, -0.2) is 9.59 Å². The summed E-state index contributed by atoms with van der Waals surface area (Å²) in [7, 11) is 0. The first-order chi connectivity index (χ1) is 16.6. The predicted molar refractivity (Wildman–Crippen MR) is 114 cm³/mol. The van der Waals surface area contributed by atoms with Crippen molar-refractivity contribution in [2.24, 2.45) is 28.6 Å². The van der Waals surface area contributed by atoms with E-state index in [0.29, 0.717) is 18.4 Å². The molecule has 9 nitrogen and oxygen atoms in total. The van der Waals surface area contributed by atoms with Gasteiger partial charge in [0.1, 0.15) is 12.0 Å². The number of rotatable bonds is 11. The SMILES string of the molecule is O=C(COC(=O)C(F)(F)SOO[O-])OCC12CC3CC(C1)CC(COC(=O)C1CCCCC1)(C3)C2. The molecule has 5 aliphatic rings. The molecule has 5 aliphatic carbocycles. The van der Waals surface area contributed by atoms with E-state index < -0.39 is 35.8 Å². The lowest BCUT2D eigenvalue weighted by Gasteiger charge is -2.61. The average molecular weight is 522 g/mol. The highest BCUT2D eigenvalue weighted by Crippen LogP contribution is 2.65. The Labute approximate surface area is 206 Å². The van der Waals surface area contributed by atoms with Crippen LogP contribution in [0.25, 0.3) is 0 Å². The predicted octanol–water partition coefficient (Wildman–Crippen LogP) is 3.25. The summed E-state index contributed by atoms with van der Waals surface area (Å²) in [5.74, 6) is -2.13. The molecule has 0 N–H and O–H groups in total. The van der Waals surface area contributed by atoms with Gasteiger partial charge in [-0.05, 0) is 63.2 Å². The first-order valence-corrected chi connectivity index (χ1v) is 12.9. The van der Waals surface area contributed by atoms with E-state index in [1.165, 1.54) is 6.42 Å². The Hall–Kier alpha value is -1.50. The van der Waals surface area contributed by atoms with E-state index in [1.54, 1.807) is 0 Å². The van der Waals surface area contributed by atoms with Crippen LogP contribution in [0.5, 0.6) is 0 Å². The number of alkyl halides is 2. The van der Waals surface area contributed by atoms with E-state index >= 15 is 0 Å². The molecule has 5 rings (SSSR count). The molecule has 0 spiro atoms. The lowest BCUT2D eigenvalue weighted by molar-refractivity contribution is -0.777. The minimum atomic E-state index is -4.22. The summed E-state index contributed by atoms with van der Waals surface area (Å²) >= 11 is -0.825. The Bertz CT molecular complexity index is 788. The van der Waals surface area contributed by atoms with Crippen LogP contribution < -0.4 is 5.26 Å². The Morgan fingerprint density at radius 1 is 0.914 bits per heavy atom. The normalized spacial score (nSPS) is 32.3. The van der Waals surface area contributed by atoms with Crippen molar-refractivity contribution in [3.05, 3.63) is 0 Å². The molecular weight excluding hydrogens is 490 g/mol. The summed E-state index contributed by atoms with van der Waals surface area (Å²) in [6.07, 6.45) is 10.8. The fourth-order valence-electron chi connectivity index (χ4n) is 7.24. The number of hydrogen-bond donors (Lipinski definition) is 0. The number of carbonyl (C=O) groups excluding carboxylic acids is 3. The van der Waals surface area contributed by atoms with E-state index in [-0.39, 0.29) is 29.3 Å². The third-order valence-corrected chi connectivity index (χ3v) is 8.53. The highest BCUT2D eigenvalue weighted by molar-refractivity contribution is 7.96. The van der Waals surface area contributed by atoms with Crippen LogP contribution in [0.15, 0.2) is 0 Å². The maximum Gasteiger partial charge on any atom is 0.415 e. The topological polar surface area (TPSA) is 120 Å². The van der Waals surface area contributed by atoms with Gasteiger partial charge in [0.25, 0.3) is 0 Å². The van der Waals surface area contributed by atoms with Gasteiger partial charge in [-0.15, -0.1) is 0 Å². The van der Waals surface area contributed by atoms with Gasteiger partial charge >= 0.3 is 23.2 Å². The van der Waals surface area contributed by atoms with Crippen molar-refractivity contribution in [3.8, 4) is 0 Å². The van der Waals surface area contributed by atoms with Crippen molar-refractivity contribution >= 4 is 30.0 Å². The van der Waals surface area contributed by atoms with Gasteiger partial charge < -0.3 is 19.5 Å². The second-order valence-corrected chi connectivity index (χ2v) is 11.7. The smallest absolute Gasteiger partial charge is 0.415 e. The molecule has 0 aliphatic heterocycles. The number of esters is 3. The van der Waals surface area contributed by atoms with Gasteiger partial charge in [0.05, 0.1) is 19.1 Å². The molecule has 0 aromatic carbocycles. The molecule has 0 amide bonds. The van der Waals surface area contributed by atoms with Crippen LogP contribution in [-0.2, 0) is 38.0 Å². The molecule has 2 atom stereocenters. The van der Waals surface area contributed by atoms with Crippen molar-refractivity contribution in [2.75, 3.05) is 19.8 Å². The molecule has 0 saturated heterocycles. The Morgan fingerprint density at radius 3 is 2.11 bits per heavy atom. The summed E-state index contributed by atoms with van der Waals surface area (Å²) in [6, 6.07) is 0. The summed E-state index contributed by atoms with van der Waals surface area (Å²) in [4.78, 5) is 36.2. The zero-order valence-electron chi connectivity index (χ0n) is 19.5. The molecule has 198 valence electrons. The van der Waals surface area contributed by atoms with Crippen LogP contribution in [0, 0.1) is 28.6 Å². The zero-order valence-corrected chi connectivity index (χ0v) is 20.3. The highest BCUT2D eigenvalue weighted by atomic mass is 32.2. The van der Waals surface area contributed by atoms with Crippen molar-refractivity contribution in [2.45, 2.75) is 75.9 Å². The standard InChI is InChI=1S/C23H32F2O9S/c24-23(25,35-34-33-29)20(28)30-11-18(26)31-13-21-7-15-6-16(8-21)10-22(9-15,12-21)14-32-19(27)17-4-2-1-3-5-17/h15-17,29H,1-14H2/p-1. The molecule has 0 aromatic rings.